The molecule has 5 aromatic heterocycles. The number of aromatic nitrogens is 6. The maximum Gasteiger partial charge on any atom is 0.138 e. The number of pyridine rings is 3. The average Bonchev–Trinajstić information content (AvgIpc) is 3.68. The Balaban J connectivity index is 1.15. The molecule has 1 aliphatic rings. The van der Waals surface area contributed by atoms with Crippen molar-refractivity contribution >= 4 is 11.3 Å². The van der Waals surface area contributed by atoms with Crippen molar-refractivity contribution in [1.82, 2.24) is 29.1 Å². The van der Waals surface area contributed by atoms with E-state index in [2.05, 4.69) is 32.0 Å². The van der Waals surface area contributed by atoms with E-state index in [-0.39, 0.29) is 6.10 Å². The van der Waals surface area contributed by atoms with Crippen LogP contribution in [0.1, 0.15) is 24.1 Å². The van der Waals surface area contributed by atoms with Crippen molar-refractivity contribution < 1.29 is 9.47 Å². The van der Waals surface area contributed by atoms with Gasteiger partial charge >= 0.3 is 0 Å². The van der Waals surface area contributed by atoms with E-state index in [4.69, 9.17) is 20.9 Å². The molecule has 10 nitrogen and oxygen atoms in total. The Morgan fingerprint density at radius 3 is 2.65 bits per heavy atom. The van der Waals surface area contributed by atoms with E-state index in [0.29, 0.717) is 30.2 Å². The number of imidazole rings is 1. The fraction of sp³-hybridized carbons (Fsp3) is 0.233. The fourth-order valence-electron chi connectivity index (χ4n) is 4.83. The molecule has 0 bridgehead atoms. The summed E-state index contributed by atoms with van der Waals surface area (Å²) in [6, 6.07) is 11.9. The number of ether oxygens (including phenoxy) is 2. The van der Waals surface area contributed by atoms with Crippen molar-refractivity contribution in [3.05, 3.63) is 85.1 Å². The van der Waals surface area contributed by atoms with Crippen molar-refractivity contribution in [2.45, 2.75) is 25.5 Å². The monoisotopic (exact) mass is 530 g/mol. The molecule has 0 amide bonds. The molecule has 10 heteroatoms. The highest BCUT2D eigenvalue weighted by Gasteiger charge is 2.22. The molecule has 0 N–H and O–H groups in total. The predicted octanol–water partition coefficient (Wildman–Crippen LogP) is 3.97. The van der Waals surface area contributed by atoms with Gasteiger partial charge in [0.15, 0.2) is 0 Å². The summed E-state index contributed by atoms with van der Waals surface area (Å²) in [5.41, 5.74) is 3.54. The van der Waals surface area contributed by atoms with Crippen LogP contribution in [0.4, 0.5) is 5.82 Å². The van der Waals surface area contributed by atoms with Crippen molar-refractivity contribution in [2.24, 2.45) is 0 Å². The zero-order valence-corrected chi connectivity index (χ0v) is 21.7. The quantitative estimate of drug-likeness (QED) is 0.278. The van der Waals surface area contributed by atoms with Gasteiger partial charge in [0.05, 0.1) is 42.5 Å². The van der Waals surface area contributed by atoms with Crippen LogP contribution in [-0.4, -0.2) is 54.9 Å². The molecular weight excluding hydrogens is 504 g/mol. The first-order chi connectivity index (χ1) is 19.7. The fourth-order valence-corrected chi connectivity index (χ4v) is 4.83. The standard InChI is InChI=1S/C30H26N8O2/c1-2-24-4-5-26(19-33-24)40-25-7-10-37(11-8-25)29-6-3-22(17-34-29)28-15-27(39-14-13-36-12-9-32-21-36)20-38-30(28)23(16-31)18-35-38/h1,3-6,9,12,15,17-21,25H,7-8,10-11,13-14H2. The van der Waals surface area contributed by atoms with Crippen LogP contribution < -0.4 is 14.4 Å². The van der Waals surface area contributed by atoms with Gasteiger partial charge in [0.2, 0.25) is 0 Å². The topological polar surface area (TPSA) is 106 Å². The van der Waals surface area contributed by atoms with Crippen molar-refractivity contribution in [1.29, 1.82) is 5.26 Å². The maximum absolute atomic E-state index is 9.68. The molecule has 198 valence electrons. The number of piperidine rings is 1. The molecule has 0 spiro atoms. The second-order valence-electron chi connectivity index (χ2n) is 9.43. The summed E-state index contributed by atoms with van der Waals surface area (Å²) in [5.74, 6) is 4.81. The molecule has 0 saturated carbocycles. The van der Waals surface area contributed by atoms with Gasteiger partial charge in [-0.1, -0.05) is 5.92 Å². The highest BCUT2D eigenvalue weighted by Crippen LogP contribution is 2.32. The lowest BCUT2D eigenvalue weighted by atomic mass is 10.0. The Bertz CT molecular complexity index is 1670. The van der Waals surface area contributed by atoms with E-state index in [1.54, 1.807) is 41.7 Å². The summed E-state index contributed by atoms with van der Waals surface area (Å²) in [5, 5.41) is 14.1. The van der Waals surface area contributed by atoms with Gasteiger partial charge in [0.25, 0.3) is 0 Å². The van der Waals surface area contributed by atoms with Crippen LogP contribution in [0.2, 0.25) is 0 Å². The Morgan fingerprint density at radius 2 is 1.95 bits per heavy atom. The Kier molecular flexibility index (Phi) is 6.97. The molecule has 1 aliphatic heterocycles. The molecule has 5 aromatic rings. The third kappa shape index (κ3) is 5.29. The first-order valence-corrected chi connectivity index (χ1v) is 13.0. The highest BCUT2D eigenvalue weighted by atomic mass is 16.5. The van der Waals surface area contributed by atoms with Crippen LogP contribution in [0.5, 0.6) is 11.5 Å². The average molecular weight is 531 g/mol. The Labute approximate surface area is 231 Å². The summed E-state index contributed by atoms with van der Waals surface area (Å²) >= 11 is 0. The van der Waals surface area contributed by atoms with Crippen LogP contribution in [0, 0.1) is 23.7 Å². The van der Waals surface area contributed by atoms with E-state index in [0.717, 1.165) is 54.1 Å². The van der Waals surface area contributed by atoms with Crippen LogP contribution >= 0.6 is 0 Å². The highest BCUT2D eigenvalue weighted by molar-refractivity contribution is 5.85. The molecule has 0 atom stereocenters. The number of fused-ring (bicyclic) bond motifs is 1. The van der Waals surface area contributed by atoms with Gasteiger partial charge in [-0.2, -0.15) is 10.4 Å². The molecule has 0 unspecified atom stereocenters. The minimum Gasteiger partial charge on any atom is -0.490 e. The summed E-state index contributed by atoms with van der Waals surface area (Å²) < 4.78 is 15.8. The minimum absolute atomic E-state index is 0.116. The van der Waals surface area contributed by atoms with E-state index >= 15 is 0 Å². The third-order valence-corrected chi connectivity index (χ3v) is 6.90. The molecule has 6 rings (SSSR count). The van der Waals surface area contributed by atoms with Gasteiger partial charge < -0.3 is 18.9 Å². The Hall–Kier alpha value is -5.35. The van der Waals surface area contributed by atoms with Gasteiger partial charge in [-0.25, -0.2) is 19.5 Å². The van der Waals surface area contributed by atoms with Gasteiger partial charge in [-0.3, -0.25) is 0 Å². The molecule has 0 aromatic carbocycles. The minimum atomic E-state index is 0.116. The van der Waals surface area contributed by atoms with E-state index in [1.165, 1.54) is 0 Å². The number of hydrogen-bond acceptors (Lipinski definition) is 8. The van der Waals surface area contributed by atoms with E-state index in [9.17, 15) is 5.26 Å². The molecule has 1 fully saturated rings. The zero-order chi connectivity index (χ0) is 27.3. The summed E-state index contributed by atoms with van der Waals surface area (Å²) in [7, 11) is 0. The normalized spacial score (nSPS) is 13.6. The Morgan fingerprint density at radius 1 is 1.05 bits per heavy atom. The molecule has 1 saturated heterocycles. The maximum atomic E-state index is 9.68. The SMILES string of the molecule is C#Cc1ccc(OC2CCN(c3ccc(-c4cc(OCCn5ccnc5)cn5ncc(C#N)c45)cn3)CC2)cn1. The van der Waals surface area contributed by atoms with Gasteiger partial charge in [-0.05, 0) is 30.3 Å². The predicted molar refractivity (Wildman–Crippen MR) is 149 cm³/mol. The molecule has 6 heterocycles. The second kappa shape index (κ2) is 11.2. The summed E-state index contributed by atoms with van der Waals surface area (Å²) in [4.78, 5) is 15.3. The summed E-state index contributed by atoms with van der Waals surface area (Å²) in [6.07, 6.45) is 19.5. The summed E-state index contributed by atoms with van der Waals surface area (Å²) in [6.45, 7) is 2.80. The van der Waals surface area contributed by atoms with Crippen LogP contribution in [0.15, 0.2) is 73.8 Å². The number of nitrogens with zero attached hydrogens (tertiary/aromatic N) is 8. The van der Waals surface area contributed by atoms with Crippen molar-refractivity contribution in [2.75, 3.05) is 24.6 Å². The van der Waals surface area contributed by atoms with Crippen LogP contribution in [-0.2, 0) is 6.54 Å². The molecule has 0 radical (unpaired) electrons. The number of rotatable bonds is 8. The van der Waals surface area contributed by atoms with Crippen LogP contribution in [0.3, 0.4) is 0 Å². The number of terminal acetylenes is 1. The van der Waals surface area contributed by atoms with E-state index < -0.39 is 0 Å². The third-order valence-electron chi connectivity index (χ3n) is 6.90. The largest absolute Gasteiger partial charge is 0.490 e. The van der Waals surface area contributed by atoms with Crippen molar-refractivity contribution in [3.63, 3.8) is 0 Å². The van der Waals surface area contributed by atoms with Crippen LogP contribution in [0.25, 0.3) is 16.6 Å². The number of hydrogen-bond donors (Lipinski definition) is 0. The number of anilines is 1. The second-order valence-corrected chi connectivity index (χ2v) is 9.43. The number of nitriles is 1. The molecule has 40 heavy (non-hydrogen) atoms. The van der Waals surface area contributed by atoms with Crippen molar-refractivity contribution in [3.8, 4) is 41.0 Å². The van der Waals surface area contributed by atoms with Gasteiger partial charge in [0.1, 0.15) is 41.8 Å². The van der Waals surface area contributed by atoms with E-state index in [1.807, 2.05) is 41.2 Å². The first kappa shape index (κ1) is 25.0. The zero-order valence-electron chi connectivity index (χ0n) is 21.7. The van der Waals surface area contributed by atoms with Gasteiger partial charge in [0, 0.05) is 55.6 Å². The lowest BCUT2D eigenvalue weighted by Crippen LogP contribution is -2.38. The lowest BCUT2D eigenvalue weighted by Gasteiger charge is -2.33. The lowest BCUT2D eigenvalue weighted by molar-refractivity contribution is 0.170. The molecule has 0 aliphatic carbocycles. The van der Waals surface area contributed by atoms with Gasteiger partial charge in [-0.15, -0.1) is 6.42 Å². The first-order valence-electron chi connectivity index (χ1n) is 13.0. The smallest absolute Gasteiger partial charge is 0.138 e. The molecular formula is C30H26N8O2.